The lowest BCUT2D eigenvalue weighted by molar-refractivity contribution is -0.0445. The molecule has 1 aromatic carbocycles. The first kappa shape index (κ1) is 15.2. The van der Waals surface area contributed by atoms with E-state index in [2.05, 4.69) is 0 Å². The van der Waals surface area contributed by atoms with Crippen molar-refractivity contribution < 1.29 is 19.0 Å². The first-order valence-corrected chi connectivity index (χ1v) is 7.81. The summed E-state index contributed by atoms with van der Waals surface area (Å²) in [5, 5.41) is 0. The fourth-order valence-corrected chi connectivity index (χ4v) is 3.54. The van der Waals surface area contributed by atoms with Gasteiger partial charge in [0.25, 0.3) is 5.91 Å². The summed E-state index contributed by atoms with van der Waals surface area (Å²) in [5.74, 6) is 1.31. The van der Waals surface area contributed by atoms with Gasteiger partial charge in [-0.15, -0.1) is 0 Å². The number of benzene rings is 1. The molecule has 0 N–H and O–H groups in total. The first-order valence-electron chi connectivity index (χ1n) is 7.81. The molecule has 1 saturated heterocycles. The van der Waals surface area contributed by atoms with Gasteiger partial charge in [0.15, 0.2) is 11.5 Å². The Hall–Kier alpha value is -1.75. The summed E-state index contributed by atoms with van der Waals surface area (Å²) in [4.78, 5) is 15.0. The van der Waals surface area contributed by atoms with Crippen LogP contribution in [0.2, 0.25) is 0 Å². The van der Waals surface area contributed by atoms with E-state index in [0.717, 1.165) is 24.8 Å². The standard InChI is InChI=1S/C17H23NO4/c1-11-9-15(20-2)16(21-3)10-12(11)17(19)18-7-8-22-14-6-4-5-13(14)18/h9-10,13-14H,4-8H2,1-3H3/t13-,14+/m1/s1. The lowest BCUT2D eigenvalue weighted by atomic mass is 10.0. The Morgan fingerprint density at radius 3 is 2.68 bits per heavy atom. The number of rotatable bonds is 3. The van der Waals surface area contributed by atoms with Crippen LogP contribution < -0.4 is 9.47 Å². The molecular formula is C17H23NO4. The topological polar surface area (TPSA) is 48.0 Å². The van der Waals surface area contributed by atoms with Gasteiger partial charge < -0.3 is 19.1 Å². The lowest BCUT2D eigenvalue weighted by Crippen LogP contribution is -2.51. The molecule has 0 spiro atoms. The zero-order chi connectivity index (χ0) is 15.7. The van der Waals surface area contributed by atoms with Crippen LogP contribution in [0.15, 0.2) is 12.1 Å². The largest absolute Gasteiger partial charge is 0.493 e. The Labute approximate surface area is 131 Å². The zero-order valence-corrected chi connectivity index (χ0v) is 13.4. The van der Waals surface area contributed by atoms with Gasteiger partial charge in [0.1, 0.15) is 0 Å². The van der Waals surface area contributed by atoms with Crippen molar-refractivity contribution in [2.45, 2.75) is 38.3 Å². The normalized spacial score (nSPS) is 24.0. The molecule has 0 aromatic heterocycles. The minimum absolute atomic E-state index is 0.0682. The molecule has 22 heavy (non-hydrogen) atoms. The van der Waals surface area contributed by atoms with Gasteiger partial charge in [-0.25, -0.2) is 0 Å². The van der Waals surface area contributed by atoms with Crippen LogP contribution in [0.4, 0.5) is 0 Å². The van der Waals surface area contributed by atoms with E-state index >= 15 is 0 Å². The molecule has 2 aliphatic rings. The van der Waals surface area contributed by atoms with E-state index in [9.17, 15) is 4.79 Å². The van der Waals surface area contributed by atoms with Crippen LogP contribution >= 0.6 is 0 Å². The highest BCUT2D eigenvalue weighted by molar-refractivity contribution is 5.96. The SMILES string of the molecule is COc1cc(C)c(C(=O)N2CCO[C@H]3CCC[C@H]32)cc1OC. The average Bonchev–Trinajstić information content (AvgIpc) is 3.02. The molecule has 1 amide bonds. The molecule has 3 rings (SSSR count). The molecule has 1 heterocycles. The Morgan fingerprint density at radius 2 is 1.95 bits per heavy atom. The van der Waals surface area contributed by atoms with Crippen molar-refractivity contribution in [3.05, 3.63) is 23.3 Å². The van der Waals surface area contributed by atoms with E-state index in [1.165, 1.54) is 0 Å². The smallest absolute Gasteiger partial charge is 0.254 e. The van der Waals surface area contributed by atoms with Crippen LogP contribution in [0.1, 0.15) is 35.2 Å². The predicted molar refractivity (Wildman–Crippen MR) is 82.7 cm³/mol. The second-order valence-electron chi connectivity index (χ2n) is 5.93. The molecule has 5 nitrogen and oxygen atoms in total. The number of ether oxygens (including phenoxy) is 3. The van der Waals surface area contributed by atoms with Crippen LogP contribution in [0.25, 0.3) is 0 Å². The highest BCUT2D eigenvalue weighted by atomic mass is 16.5. The van der Waals surface area contributed by atoms with E-state index in [1.54, 1.807) is 20.3 Å². The zero-order valence-electron chi connectivity index (χ0n) is 13.4. The van der Waals surface area contributed by atoms with Gasteiger partial charge in [-0.05, 0) is 43.9 Å². The minimum atomic E-state index is 0.0682. The van der Waals surface area contributed by atoms with Crippen LogP contribution in [0.5, 0.6) is 11.5 Å². The highest BCUT2D eigenvalue weighted by Gasteiger charge is 2.39. The second-order valence-corrected chi connectivity index (χ2v) is 5.93. The van der Waals surface area contributed by atoms with Gasteiger partial charge in [0.2, 0.25) is 0 Å². The maximum atomic E-state index is 13.0. The molecule has 1 aliphatic heterocycles. The maximum absolute atomic E-state index is 13.0. The number of carbonyl (C=O) groups is 1. The number of carbonyl (C=O) groups excluding carboxylic acids is 1. The number of nitrogens with zero attached hydrogens (tertiary/aromatic N) is 1. The molecule has 0 bridgehead atoms. The van der Waals surface area contributed by atoms with Gasteiger partial charge >= 0.3 is 0 Å². The van der Waals surface area contributed by atoms with Crippen LogP contribution in [0.3, 0.4) is 0 Å². The summed E-state index contributed by atoms with van der Waals surface area (Å²) in [5.41, 5.74) is 1.59. The van der Waals surface area contributed by atoms with Crippen molar-refractivity contribution in [2.24, 2.45) is 0 Å². The van der Waals surface area contributed by atoms with Crippen LogP contribution in [-0.4, -0.2) is 50.3 Å². The fraction of sp³-hybridized carbons (Fsp3) is 0.588. The van der Waals surface area contributed by atoms with E-state index < -0.39 is 0 Å². The quantitative estimate of drug-likeness (QED) is 0.860. The minimum Gasteiger partial charge on any atom is -0.493 e. The first-order chi connectivity index (χ1) is 10.7. The number of amides is 1. The molecule has 5 heteroatoms. The second kappa shape index (κ2) is 6.16. The van der Waals surface area contributed by atoms with E-state index in [4.69, 9.17) is 14.2 Å². The summed E-state index contributed by atoms with van der Waals surface area (Å²) in [6.45, 7) is 3.22. The van der Waals surface area contributed by atoms with Gasteiger partial charge in [0.05, 0.1) is 33.0 Å². The number of aryl methyl sites for hydroxylation is 1. The number of morpholine rings is 1. The fourth-order valence-electron chi connectivity index (χ4n) is 3.54. The molecule has 120 valence electrons. The van der Waals surface area contributed by atoms with E-state index in [1.807, 2.05) is 17.9 Å². The van der Waals surface area contributed by atoms with Crippen LogP contribution in [0, 0.1) is 6.92 Å². The van der Waals surface area contributed by atoms with Crippen molar-refractivity contribution in [1.82, 2.24) is 4.90 Å². The van der Waals surface area contributed by atoms with Gasteiger partial charge in [-0.1, -0.05) is 0 Å². The van der Waals surface area contributed by atoms with Crippen LogP contribution in [-0.2, 0) is 4.74 Å². The summed E-state index contributed by atoms with van der Waals surface area (Å²) < 4.78 is 16.4. The summed E-state index contributed by atoms with van der Waals surface area (Å²) in [7, 11) is 3.19. The molecule has 0 radical (unpaired) electrons. The number of fused-ring (bicyclic) bond motifs is 1. The molecule has 1 saturated carbocycles. The summed E-state index contributed by atoms with van der Waals surface area (Å²) in [6.07, 6.45) is 3.42. The van der Waals surface area contributed by atoms with E-state index in [-0.39, 0.29) is 18.1 Å². The molecule has 2 atom stereocenters. The van der Waals surface area contributed by atoms with E-state index in [0.29, 0.717) is 30.2 Å². The lowest BCUT2D eigenvalue weighted by Gasteiger charge is -2.38. The third-order valence-electron chi connectivity index (χ3n) is 4.70. The monoisotopic (exact) mass is 305 g/mol. The van der Waals surface area contributed by atoms with Crippen molar-refractivity contribution in [3.63, 3.8) is 0 Å². The number of methoxy groups -OCH3 is 2. The molecule has 2 fully saturated rings. The van der Waals surface area contributed by atoms with Crippen molar-refractivity contribution >= 4 is 5.91 Å². The van der Waals surface area contributed by atoms with Crippen molar-refractivity contribution in [2.75, 3.05) is 27.4 Å². The third-order valence-corrected chi connectivity index (χ3v) is 4.70. The molecule has 1 aromatic rings. The Balaban J connectivity index is 1.91. The highest BCUT2D eigenvalue weighted by Crippen LogP contribution is 2.34. The molecular weight excluding hydrogens is 282 g/mol. The van der Waals surface area contributed by atoms with Gasteiger partial charge in [-0.2, -0.15) is 0 Å². The molecule has 0 unspecified atom stereocenters. The third kappa shape index (κ3) is 2.54. The predicted octanol–water partition coefficient (Wildman–Crippen LogP) is 2.41. The maximum Gasteiger partial charge on any atom is 0.254 e. The van der Waals surface area contributed by atoms with Crippen molar-refractivity contribution in [1.29, 1.82) is 0 Å². The summed E-state index contributed by atoms with van der Waals surface area (Å²) >= 11 is 0. The Morgan fingerprint density at radius 1 is 1.23 bits per heavy atom. The average molecular weight is 305 g/mol. The van der Waals surface area contributed by atoms with Crippen molar-refractivity contribution in [3.8, 4) is 11.5 Å². The Bertz CT molecular complexity index is 572. The van der Waals surface area contributed by atoms with Gasteiger partial charge in [0, 0.05) is 12.1 Å². The number of hydrogen-bond acceptors (Lipinski definition) is 4. The molecule has 1 aliphatic carbocycles. The number of hydrogen-bond donors (Lipinski definition) is 0. The summed E-state index contributed by atoms with van der Waals surface area (Å²) in [6, 6.07) is 3.86. The van der Waals surface area contributed by atoms with Gasteiger partial charge in [-0.3, -0.25) is 4.79 Å². The Kier molecular flexibility index (Phi) is 4.25.